The molecule has 1 atom stereocenters. The van der Waals surface area contributed by atoms with Crippen LogP contribution in [0.4, 0.5) is 0 Å². The van der Waals surface area contributed by atoms with Gasteiger partial charge in [0, 0.05) is 17.9 Å². The minimum Gasteiger partial charge on any atom is -0.507 e. The number of para-hydroxylation sites is 1. The second kappa shape index (κ2) is 5.95. The van der Waals surface area contributed by atoms with Gasteiger partial charge in [-0.05, 0) is 37.3 Å². The van der Waals surface area contributed by atoms with Gasteiger partial charge in [-0.25, -0.2) is 0 Å². The van der Waals surface area contributed by atoms with Crippen LogP contribution in [0.1, 0.15) is 35.7 Å². The molecule has 1 fully saturated rings. The van der Waals surface area contributed by atoms with E-state index in [0.717, 1.165) is 31.5 Å². The lowest BCUT2D eigenvalue weighted by Crippen LogP contribution is -2.40. The monoisotopic (exact) mass is 325 g/mol. The fourth-order valence-corrected chi connectivity index (χ4v) is 3.09. The maximum atomic E-state index is 12.4. The quantitative estimate of drug-likeness (QED) is 0.847. The van der Waals surface area contributed by atoms with E-state index < -0.39 is 0 Å². The number of halogens is 1. The Morgan fingerprint density at radius 2 is 2.05 bits per heavy atom. The Kier molecular flexibility index (Phi) is 4.50. The van der Waals surface area contributed by atoms with Crippen LogP contribution in [0.5, 0.6) is 5.75 Å². The van der Waals surface area contributed by atoms with Gasteiger partial charge in [0.2, 0.25) is 0 Å². The first-order valence-electron chi connectivity index (χ1n) is 6.72. The molecule has 1 N–H and O–H groups in total. The minimum atomic E-state index is -0.0538. The summed E-state index contributed by atoms with van der Waals surface area (Å²) in [5, 5.41) is 9.98. The second-order valence-electron chi connectivity index (χ2n) is 5.28. The molecule has 0 radical (unpaired) electrons. The van der Waals surface area contributed by atoms with E-state index in [1.165, 1.54) is 0 Å². The van der Waals surface area contributed by atoms with Crippen molar-refractivity contribution in [3.05, 3.63) is 29.3 Å². The number of phenolic OH excluding ortho intramolecular Hbond substituents is 1. The van der Waals surface area contributed by atoms with E-state index in [1.807, 2.05) is 24.0 Å². The summed E-state index contributed by atoms with van der Waals surface area (Å²) in [5.41, 5.74) is 1.17. The van der Waals surface area contributed by atoms with E-state index in [-0.39, 0.29) is 11.7 Å². The maximum absolute atomic E-state index is 12.4. The zero-order valence-corrected chi connectivity index (χ0v) is 13.0. The van der Waals surface area contributed by atoms with Crippen molar-refractivity contribution in [3.63, 3.8) is 0 Å². The van der Waals surface area contributed by atoms with Gasteiger partial charge in [-0.15, -0.1) is 0 Å². The van der Waals surface area contributed by atoms with Gasteiger partial charge >= 0.3 is 0 Å². The van der Waals surface area contributed by atoms with Gasteiger partial charge in [-0.3, -0.25) is 4.79 Å². The summed E-state index contributed by atoms with van der Waals surface area (Å²) >= 11 is 3.62. The summed E-state index contributed by atoms with van der Waals surface area (Å²) in [6.07, 6.45) is 2.04. The predicted molar refractivity (Wildman–Crippen MR) is 79.9 cm³/mol. The summed E-state index contributed by atoms with van der Waals surface area (Å²) in [7, 11) is 0. The maximum Gasteiger partial charge on any atom is 0.257 e. The van der Waals surface area contributed by atoms with Crippen molar-refractivity contribution in [2.45, 2.75) is 31.5 Å². The van der Waals surface area contributed by atoms with Gasteiger partial charge in [-0.2, -0.15) is 0 Å². The third-order valence-electron chi connectivity index (χ3n) is 3.94. The van der Waals surface area contributed by atoms with E-state index in [1.54, 1.807) is 6.07 Å². The smallest absolute Gasteiger partial charge is 0.257 e. The van der Waals surface area contributed by atoms with E-state index in [0.29, 0.717) is 16.3 Å². The molecule has 1 unspecified atom stereocenters. The number of carbonyl (C=O) groups is 1. The van der Waals surface area contributed by atoms with E-state index in [4.69, 9.17) is 0 Å². The molecule has 0 saturated carbocycles. The number of rotatable bonds is 2. The Morgan fingerprint density at radius 3 is 2.63 bits per heavy atom. The van der Waals surface area contributed by atoms with Crippen LogP contribution in [0, 0.1) is 12.8 Å². The van der Waals surface area contributed by atoms with E-state index in [9.17, 15) is 9.90 Å². The molecule has 0 aromatic heterocycles. The standard InChI is InChI=1S/C15H20BrNO2/c1-10-4-3-5-13(14(10)18)15(19)17-8-6-12(7-9-17)11(2)16/h3-5,11-12,18H,6-9H2,1-2H3. The predicted octanol–water partition coefficient (Wildman–Crippen LogP) is 3.34. The molecule has 4 heteroatoms. The number of amides is 1. The number of nitrogens with zero attached hydrogens (tertiary/aromatic N) is 1. The molecule has 104 valence electrons. The average molecular weight is 326 g/mol. The number of alkyl halides is 1. The molecule has 1 saturated heterocycles. The first-order chi connectivity index (χ1) is 9.00. The number of hydrogen-bond acceptors (Lipinski definition) is 2. The summed E-state index contributed by atoms with van der Waals surface area (Å²) in [5.74, 6) is 0.695. The van der Waals surface area contributed by atoms with Crippen molar-refractivity contribution < 1.29 is 9.90 Å². The first-order valence-corrected chi connectivity index (χ1v) is 7.64. The molecule has 0 bridgehead atoms. The van der Waals surface area contributed by atoms with Crippen LogP contribution in [-0.2, 0) is 0 Å². The lowest BCUT2D eigenvalue weighted by atomic mass is 9.94. The molecule has 1 aromatic carbocycles. The zero-order chi connectivity index (χ0) is 14.0. The highest BCUT2D eigenvalue weighted by atomic mass is 79.9. The highest BCUT2D eigenvalue weighted by molar-refractivity contribution is 9.09. The van der Waals surface area contributed by atoms with Crippen LogP contribution in [0.15, 0.2) is 18.2 Å². The molecule has 1 aliphatic rings. The van der Waals surface area contributed by atoms with Gasteiger partial charge in [0.15, 0.2) is 0 Å². The van der Waals surface area contributed by atoms with Gasteiger partial charge in [-0.1, -0.05) is 35.0 Å². The van der Waals surface area contributed by atoms with Crippen molar-refractivity contribution in [2.75, 3.05) is 13.1 Å². The van der Waals surface area contributed by atoms with Gasteiger partial charge in [0.1, 0.15) is 5.75 Å². The topological polar surface area (TPSA) is 40.5 Å². The Hall–Kier alpha value is -1.03. The Balaban J connectivity index is 2.07. The normalized spacial score (nSPS) is 18.4. The van der Waals surface area contributed by atoms with Crippen LogP contribution in [0.3, 0.4) is 0 Å². The van der Waals surface area contributed by atoms with Crippen molar-refractivity contribution in [1.82, 2.24) is 4.90 Å². The zero-order valence-electron chi connectivity index (χ0n) is 11.4. The molecule has 2 rings (SSSR count). The third-order valence-corrected chi connectivity index (χ3v) is 4.69. The molecule has 1 aliphatic heterocycles. The van der Waals surface area contributed by atoms with Gasteiger partial charge in [0.25, 0.3) is 5.91 Å². The van der Waals surface area contributed by atoms with Crippen LogP contribution in [0.25, 0.3) is 0 Å². The highest BCUT2D eigenvalue weighted by Gasteiger charge is 2.27. The fourth-order valence-electron chi connectivity index (χ4n) is 2.56. The second-order valence-corrected chi connectivity index (χ2v) is 6.72. The Labute approximate surface area is 122 Å². The largest absolute Gasteiger partial charge is 0.507 e. The lowest BCUT2D eigenvalue weighted by Gasteiger charge is -2.33. The van der Waals surface area contributed by atoms with Crippen LogP contribution >= 0.6 is 15.9 Å². The molecular formula is C15H20BrNO2. The summed E-state index contributed by atoms with van der Waals surface area (Å²) in [6, 6.07) is 5.32. The number of carbonyl (C=O) groups excluding carboxylic acids is 1. The van der Waals surface area contributed by atoms with Crippen molar-refractivity contribution in [2.24, 2.45) is 5.92 Å². The third kappa shape index (κ3) is 3.11. The number of likely N-dealkylation sites (tertiary alicyclic amines) is 1. The molecular weight excluding hydrogens is 306 g/mol. The number of aryl methyl sites for hydroxylation is 1. The van der Waals surface area contributed by atoms with Crippen molar-refractivity contribution in [1.29, 1.82) is 0 Å². The first kappa shape index (κ1) is 14.4. The van der Waals surface area contributed by atoms with Crippen LogP contribution in [0.2, 0.25) is 0 Å². The molecule has 1 heterocycles. The SMILES string of the molecule is Cc1cccc(C(=O)N2CCC(C(C)Br)CC2)c1O. The molecule has 3 nitrogen and oxygen atoms in total. The summed E-state index contributed by atoms with van der Waals surface area (Å²) < 4.78 is 0. The minimum absolute atomic E-state index is 0.0538. The molecule has 1 amide bonds. The lowest BCUT2D eigenvalue weighted by molar-refractivity contribution is 0.0688. The molecule has 1 aromatic rings. The van der Waals surface area contributed by atoms with Crippen LogP contribution in [-0.4, -0.2) is 33.8 Å². The van der Waals surface area contributed by atoms with Gasteiger partial charge in [0.05, 0.1) is 5.56 Å². The Morgan fingerprint density at radius 1 is 1.42 bits per heavy atom. The van der Waals surface area contributed by atoms with E-state index >= 15 is 0 Å². The van der Waals surface area contributed by atoms with Gasteiger partial charge < -0.3 is 10.0 Å². The number of aromatic hydroxyl groups is 1. The Bertz CT molecular complexity index is 465. The van der Waals surface area contributed by atoms with Crippen molar-refractivity contribution in [3.8, 4) is 5.75 Å². The number of benzene rings is 1. The number of phenols is 1. The summed E-state index contributed by atoms with van der Waals surface area (Å²) in [4.78, 5) is 14.7. The molecule has 19 heavy (non-hydrogen) atoms. The highest BCUT2D eigenvalue weighted by Crippen LogP contribution is 2.28. The molecule has 0 aliphatic carbocycles. The average Bonchev–Trinajstić information content (AvgIpc) is 2.41. The summed E-state index contributed by atoms with van der Waals surface area (Å²) in [6.45, 7) is 5.51. The van der Waals surface area contributed by atoms with Crippen molar-refractivity contribution >= 4 is 21.8 Å². The van der Waals surface area contributed by atoms with E-state index in [2.05, 4.69) is 22.9 Å². The number of hydrogen-bond donors (Lipinski definition) is 1. The van der Waals surface area contributed by atoms with Crippen LogP contribution < -0.4 is 0 Å². The fraction of sp³-hybridized carbons (Fsp3) is 0.533. The number of piperidine rings is 1. The molecule has 0 spiro atoms.